The molecule has 0 aromatic heterocycles. The van der Waals surface area contributed by atoms with E-state index in [-0.39, 0.29) is 17.5 Å². The Morgan fingerprint density at radius 1 is 1.50 bits per heavy atom. The fourth-order valence-electron chi connectivity index (χ4n) is 2.76. The van der Waals surface area contributed by atoms with Crippen molar-refractivity contribution in [3.63, 3.8) is 0 Å². The summed E-state index contributed by atoms with van der Waals surface area (Å²) in [6.45, 7) is 7.58. The number of anilines is 1. The van der Waals surface area contributed by atoms with Gasteiger partial charge in [-0.3, -0.25) is 9.69 Å². The van der Waals surface area contributed by atoms with Gasteiger partial charge < -0.3 is 5.32 Å². The first kappa shape index (κ1) is 15.3. The molecule has 0 aliphatic carbocycles. The second-order valence-electron chi connectivity index (χ2n) is 6.02. The number of rotatable bonds is 4. The van der Waals surface area contributed by atoms with Gasteiger partial charge in [0.05, 0.1) is 6.04 Å². The molecule has 0 spiro atoms. The number of hydrogen-bond donors (Lipinski definition) is 1. The largest absolute Gasteiger partial charge is 0.325 e. The Hall–Kier alpha value is -1.06. The maximum absolute atomic E-state index is 12.5. The van der Waals surface area contributed by atoms with Gasteiger partial charge in [0.2, 0.25) is 5.91 Å². The van der Waals surface area contributed by atoms with Crippen LogP contribution < -0.4 is 5.32 Å². The normalized spacial score (nSPS) is 20.1. The van der Waals surface area contributed by atoms with Gasteiger partial charge in [0.1, 0.15) is 0 Å². The molecule has 1 aromatic carbocycles. The maximum atomic E-state index is 12.5. The van der Waals surface area contributed by atoms with Crippen molar-refractivity contribution >= 4 is 23.2 Å². The molecule has 1 fully saturated rings. The van der Waals surface area contributed by atoms with Gasteiger partial charge in [0.25, 0.3) is 0 Å². The summed E-state index contributed by atoms with van der Waals surface area (Å²) in [4.78, 5) is 14.8. The zero-order valence-electron chi connectivity index (χ0n) is 12.4. The van der Waals surface area contributed by atoms with E-state index in [4.69, 9.17) is 11.6 Å². The number of carbonyl (C=O) groups is 1. The molecule has 1 N–H and O–H groups in total. The van der Waals surface area contributed by atoms with E-state index in [0.29, 0.717) is 5.02 Å². The summed E-state index contributed by atoms with van der Waals surface area (Å²) in [7, 11) is 0. The molecule has 1 unspecified atom stereocenters. The summed E-state index contributed by atoms with van der Waals surface area (Å²) in [5.41, 5.74) is 0.830. The predicted octanol–water partition coefficient (Wildman–Crippen LogP) is 3.93. The van der Waals surface area contributed by atoms with Crippen LogP contribution in [0.2, 0.25) is 5.02 Å². The smallest absolute Gasteiger partial charge is 0.241 e. The molecule has 1 atom stereocenters. The second kappa shape index (κ2) is 6.15. The monoisotopic (exact) mass is 294 g/mol. The minimum Gasteiger partial charge on any atom is -0.325 e. The van der Waals surface area contributed by atoms with Crippen molar-refractivity contribution in [2.75, 3.05) is 11.9 Å². The third-order valence-electron chi connectivity index (χ3n) is 4.29. The standard InChI is InChI=1S/C16H23ClN2O/c1-4-16(2,3)19-10-6-9-14(19)15(20)18-13-8-5-7-12(17)11-13/h5,7-8,11,14H,4,6,9-10H2,1-3H3,(H,18,20). The van der Waals surface area contributed by atoms with E-state index in [9.17, 15) is 4.79 Å². The third-order valence-corrected chi connectivity index (χ3v) is 4.53. The van der Waals surface area contributed by atoms with Crippen molar-refractivity contribution in [1.29, 1.82) is 0 Å². The van der Waals surface area contributed by atoms with Crippen LogP contribution in [0.4, 0.5) is 5.69 Å². The van der Waals surface area contributed by atoms with E-state index in [1.807, 2.05) is 12.1 Å². The second-order valence-corrected chi connectivity index (χ2v) is 6.45. The van der Waals surface area contributed by atoms with Crippen LogP contribution in [0.1, 0.15) is 40.0 Å². The molecule has 1 aliphatic heterocycles. The molecule has 1 aromatic rings. The van der Waals surface area contributed by atoms with Crippen molar-refractivity contribution in [3.05, 3.63) is 29.3 Å². The number of nitrogens with zero attached hydrogens (tertiary/aromatic N) is 1. The fourth-order valence-corrected chi connectivity index (χ4v) is 2.95. The van der Waals surface area contributed by atoms with Crippen molar-refractivity contribution in [2.45, 2.75) is 51.6 Å². The van der Waals surface area contributed by atoms with Crippen LogP contribution in [0.5, 0.6) is 0 Å². The van der Waals surface area contributed by atoms with E-state index < -0.39 is 0 Å². The van der Waals surface area contributed by atoms with Gasteiger partial charge in [-0.25, -0.2) is 0 Å². The van der Waals surface area contributed by atoms with Crippen LogP contribution in [-0.2, 0) is 4.79 Å². The van der Waals surface area contributed by atoms with E-state index >= 15 is 0 Å². The van der Waals surface area contributed by atoms with E-state index in [1.54, 1.807) is 12.1 Å². The molecule has 0 bridgehead atoms. The molecule has 0 saturated carbocycles. The highest BCUT2D eigenvalue weighted by atomic mass is 35.5. The lowest BCUT2D eigenvalue weighted by atomic mass is 9.98. The quantitative estimate of drug-likeness (QED) is 0.912. The molecule has 3 nitrogen and oxygen atoms in total. The van der Waals surface area contributed by atoms with E-state index in [2.05, 4.69) is 31.0 Å². The van der Waals surface area contributed by atoms with Gasteiger partial charge in [-0.05, 0) is 57.9 Å². The van der Waals surface area contributed by atoms with Crippen LogP contribution in [-0.4, -0.2) is 28.9 Å². The van der Waals surface area contributed by atoms with Crippen LogP contribution >= 0.6 is 11.6 Å². The van der Waals surface area contributed by atoms with Crippen molar-refractivity contribution in [1.82, 2.24) is 4.90 Å². The first-order chi connectivity index (χ1) is 9.44. The molecule has 20 heavy (non-hydrogen) atoms. The topological polar surface area (TPSA) is 32.3 Å². The lowest BCUT2D eigenvalue weighted by Crippen LogP contribution is -2.50. The van der Waals surface area contributed by atoms with Gasteiger partial charge in [-0.15, -0.1) is 0 Å². The summed E-state index contributed by atoms with van der Waals surface area (Å²) in [6.07, 6.45) is 3.04. The Morgan fingerprint density at radius 3 is 2.90 bits per heavy atom. The molecule has 110 valence electrons. The Bertz CT molecular complexity index is 487. The lowest BCUT2D eigenvalue weighted by Gasteiger charge is -2.38. The lowest BCUT2D eigenvalue weighted by molar-refractivity contribution is -0.122. The Kier molecular flexibility index (Phi) is 4.71. The molecule has 2 rings (SSSR count). The summed E-state index contributed by atoms with van der Waals surface area (Å²) < 4.78 is 0. The molecule has 4 heteroatoms. The zero-order valence-corrected chi connectivity index (χ0v) is 13.2. The highest BCUT2D eigenvalue weighted by molar-refractivity contribution is 6.30. The Balaban J connectivity index is 2.08. The SMILES string of the molecule is CCC(C)(C)N1CCCC1C(=O)Nc1cccc(Cl)c1. The zero-order chi connectivity index (χ0) is 14.8. The summed E-state index contributed by atoms with van der Waals surface area (Å²) in [5, 5.41) is 3.62. The molecular weight excluding hydrogens is 272 g/mol. The minimum atomic E-state index is -0.0380. The Labute approximate surface area is 126 Å². The molecule has 1 saturated heterocycles. The maximum Gasteiger partial charge on any atom is 0.241 e. The van der Waals surface area contributed by atoms with Crippen molar-refractivity contribution in [3.8, 4) is 0 Å². The number of amides is 1. The van der Waals surface area contributed by atoms with Gasteiger partial charge >= 0.3 is 0 Å². The number of likely N-dealkylation sites (tertiary alicyclic amines) is 1. The van der Waals surface area contributed by atoms with Crippen LogP contribution in [0.3, 0.4) is 0 Å². The molecular formula is C16H23ClN2O. The number of nitrogens with one attached hydrogen (secondary N) is 1. The van der Waals surface area contributed by atoms with Crippen LogP contribution in [0.15, 0.2) is 24.3 Å². The first-order valence-electron chi connectivity index (χ1n) is 7.27. The van der Waals surface area contributed by atoms with Gasteiger partial charge in [0.15, 0.2) is 0 Å². The number of carbonyl (C=O) groups excluding carboxylic acids is 1. The summed E-state index contributed by atoms with van der Waals surface area (Å²) in [5.74, 6) is 0.0753. The molecule has 1 amide bonds. The summed E-state index contributed by atoms with van der Waals surface area (Å²) in [6, 6.07) is 7.26. The highest BCUT2D eigenvalue weighted by Gasteiger charge is 2.38. The summed E-state index contributed by atoms with van der Waals surface area (Å²) >= 11 is 5.95. The fraction of sp³-hybridized carbons (Fsp3) is 0.562. The van der Waals surface area contributed by atoms with E-state index in [1.165, 1.54) is 0 Å². The van der Waals surface area contributed by atoms with E-state index in [0.717, 1.165) is 31.5 Å². The average molecular weight is 295 g/mol. The molecule has 0 radical (unpaired) electrons. The molecule has 1 heterocycles. The van der Waals surface area contributed by atoms with Gasteiger partial charge in [-0.1, -0.05) is 24.6 Å². The number of benzene rings is 1. The Morgan fingerprint density at radius 2 is 2.25 bits per heavy atom. The molecule has 1 aliphatic rings. The van der Waals surface area contributed by atoms with Gasteiger partial charge in [-0.2, -0.15) is 0 Å². The third kappa shape index (κ3) is 3.33. The number of halogens is 1. The average Bonchev–Trinajstić information content (AvgIpc) is 2.88. The van der Waals surface area contributed by atoms with Gasteiger partial charge in [0, 0.05) is 16.2 Å². The van der Waals surface area contributed by atoms with Crippen molar-refractivity contribution in [2.24, 2.45) is 0 Å². The van der Waals surface area contributed by atoms with Crippen molar-refractivity contribution < 1.29 is 4.79 Å². The van der Waals surface area contributed by atoms with Crippen LogP contribution in [0, 0.1) is 0 Å². The number of hydrogen-bond acceptors (Lipinski definition) is 2. The first-order valence-corrected chi connectivity index (χ1v) is 7.65. The highest BCUT2D eigenvalue weighted by Crippen LogP contribution is 2.29. The minimum absolute atomic E-state index is 0.0380. The predicted molar refractivity (Wildman–Crippen MR) is 84.2 cm³/mol. The van der Waals surface area contributed by atoms with Crippen LogP contribution in [0.25, 0.3) is 0 Å².